The number of alkyl halides is 3. The Kier molecular flexibility index (Phi) is 4.24. The fourth-order valence-corrected chi connectivity index (χ4v) is 3.55. The lowest BCUT2D eigenvalue weighted by molar-refractivity contribution is -0.140. The Morgan fingerprint density at radius 1 is 1.27 bits per heavy atom. The van der Waals surface area contributed by atoms with Gasteiger partial charge in [0.05, 0.1) is 23.7 Å². The van der Waals surface area contributed by atoms with E-state index in [-0.39, 0.29) is 17.4 Å². The van der Waals surface area contributed by atoms with Crippen molar-refractivity contribution in [1.29, 1.82) is 0 Å². The van der Waals surface area contributed by atoms with E-state index in [2.05, 4.69) is 10.3 Å². The number of hydrogen-bond acceptors (Lipinski definition) is 4. The highest BCUT2D eigenvalue weighted by Crippen LogP contribution is 2.38. The Bertz CT molecular complexity index is 946. The Labute approximate surface area is 147 Å². The molecular weight excluding hydrogens is 347 g/mol. The molecular formula is C18H18F3N3O2. The van der Waals surface area contributed by atoms with Gasteiger partial charge in [0.1, 0.15) is 5.75 Å². The Morgan fingerprint density at radius 3 is 2.85 bits per heavy atom. The van der Waals surface area contributed by atoms with Gasteiger partial charge in [-0.2, -0.15) is 13.2 Å². The quantitative estimate of drug-likeness (QED) is 0.748. The molecule has 1 unspecified atom stereocenters. The van der Waals surface area contributed by atoms with Gasteiger partial charge in [0.15, 0.2) is 5.69 Å². The van der Waals surface area contributed by atoms with Gasteiger partial charge in [-0.25, -0.2) is 4.98 Å². The molecule has 0 radical (unpaired) electrons. The number of morpholine rings is 1. The van der Waals surface area contributed by atoms with Crippen LogP contribution in [-0.2, 0) is 17.5 Å². The van der Waals surface area contributed by atoms with E-state index in [4.69, 9.17) is 4.74 Å². The van der Waals surface area contributed by atoms with Crippen LogP contribution in [0.4, 0.5) is 13.2 Å². The first-order chi connectivity index (χ1) is 12.4. The SMILES string of the molecule is Oc1ccc2c3ccnc(C(F)(F)F)c3n(CCC3CNCCO3)c2c1. The van der Waals surface area contributed by atoms with Crippen molar-refractivity contribution < 1.29 is 23.0 Å². The number of aromatic nitrogens is 2. The minimum absolute atomic E-state index is 0.0126. The van der Waals surface area contributed by atoms with Crippen LogP contribution in [0, 0.1) is 0 Å². The predicted octanol–water partition coefficient (Wildman–Crippen LogP) is 3.29. The van der Waals surface area contributed by atoms with Crippen LogP contribution in [0.3, 0.4) is 0 Å². The van der Waals surface area contributed by atoms with Gasteiger partial charge in [0.2, 0.25) is 0 Å². The maximum atomic E-state index is 13.5. The van der Waals surface area contributed by atoms with Crippen molar-refractivity contribution in [2.75, 3.05) is 19.7 Å². The number of hydrogen-bond donors (Lipinski definition) is 2. The third-order valence-corrected chi connectivity index (χ3v) is 4.70. The fraction of sp³-hybridized carbons (Fsp3) is 0.389. The molecule has 0 bridgehead atoms. The van der Waals surface area contributed by atoms with Crippen molar-refractivity contribution >= 4 is 21.8 Å². The second kappa shape index (κ2) is 6.44. The molecule has 0 amide bonds. The average Bonchev–Trinajstić information content (AvgIpc) is 2.92. The second-order valence-corrected chi connectivity index (χ2v) is 6.39. The van der Waals surface area contributed by atoms with Gasteiger partial charge in [-0.15, -0.1) is 0 Å². The molecule has 26 heavy (non-hydrogen) atoms. The number of rotatable bonds is 3. The minimum atomic E-state index is -4.56. The molecule has 2 aromatic heterocycles. The molecule has 1 saturated heterocycles. The van der Waals surface area contributed by atoms with E-state index in [1.807, 2.05) is 0 Å². The first-order valence-corrected chi connectivity index (χ1v) is 8.44. The maximum Gasteiger partial charge on any atom is 0.435 e. The summed E-state index contributed by atoms with van der Waals surface area (Å²) in [7, 11) is 0. The van der Waals surface area contributed by atoms with Crippen LogP contribution in [0.5, 0.6) is 5.75 Å². The summed E-state index contributed by atoms with van der Waals surface area (Å²) in [6.07, 6.45) is -2.88. The minimum Gasteiger partial charge on any atom is -0.508 e. The van der Waals surface area contributed by atoms with Crippen LogP contribution < -0.4 is 5.32 Å². The highest BCUT2D eigenvalue weighted by atomic mass is 19.4. The first-order valence-electron chi connectivity index (χ1n) is 8.44. The Morgan fingerprint density at radius 2 is 2.12 bits per heavy atom. The summed E-state index contributed by atoms with van der Waals surface area (Å²) in [5.41, 5.74) is -0.306. The summed E-state index contributed by atoms with van der Waals surface area (Å²) in [5, 5.41) is 14.2. The molecule has 0 spiro atoms. The lowest BCUT2D eigenvalue weighted by atomic mass is 10.1. The molecule has 1 aromatic carbocycles. The molecule has 4 rings (SSSR count). The number of pyridine rings is 1. The number of benzene rings is 1. The molecule has 1 atom stereocenters. The summed E-state index contributed by atoms with van der Waals surface area (Å²) >= 11 is 0. The largest absolute Gasteiger partial charge is 0.508 e. The fourth-order valence-electron chi connectivity index (χ4n) is 3.55. The monoisotopic (exact) mass is 365 g/mol. The number of nitrogens with one attached hydrogen (secondary N) is 1. The predicted molar refractivity (Wildman–Crippen MR) is 91.1 cm³/mol. The molecule has 1 aliphatic rings. The van der Waals surface area contributed by atoms with Crippen molar-refractivity contribution in [3.63, 3.8) is 0 Å². The maximum absolute atomic E-state index is 13.5. The van der Waals surface area contributed by atoms with Crippen molar-refractivity contribution in [3.05, 3.63) is 36.2 Å². The number of phenolic OH excluding ortho intramolecular Hbond substituents is 1. The molecule has 5 nitrogen and oxygen atoms in total. The molecule has 1 aliphatic heterocycles. The topological polar surface area (TPSA) is 59.3 Å². The number of ether oxygens (including phenoxy) is 1. The van der Waals surface area contributed by atoms with E-state index in [0.29, 0.717) is 42.4 Å². The summed E-state index contributed by atoms with van der Waals surface area (Å²) in [6.45, 7) is 2.38. The number of phenols is 1. The van der Waals surface area contributed by atoms with Crippen LogP contribution in [0.2, 0.25) is 0 Å². The molecule has 3 aromatic rings. The van der Waals surface area contributed by atoms with Crippen LogP contribution in [-0.4, -0.2) is 40.5 Å². The summed E-state index contributed by atoms with van der Waals surface area (Å²) in [6, 6.07) is 6.20. The van der Waals surface area contributed by atoms with E-state index in [9.17, 15) is 18.3 Å². The molecule has 0 saturated carbocycles. The summed E-state index contributed by atoms with van der Waals surface area (Å²) < 4.78 is 47.9. The number of aromatic hydroxyl groups is 1. The first kappa shape index (κ1) is 17.1. The standard InChI is InChI=1S/C18H18F3N3O2/c19-18(20,21)17-16-14(3-5-23-17)13-2-1-11(25)9-15(13)24(16)7-4-12-10-22-6-8-26-12/h1-3,5,9,12,22,25H,4,6-8,10H2. The lowest BCUT2D eigenvalue weighted by Crippen LogP contribution is -2.38. The van der Waals surface area contributed by atoms with Crippen molar-refractivity contribution in [3.8, 4) is 5.75 Å². The number of halogens is 3. The Hall–Kier alpha value is -2.32. The van der Waals surface area contributed by atoms with Crippen molar-refractivity contribution in [1.82, 2.24) is 14.9 Å². The highest BCUT2D eigenvalue weighted by Gasteiger charge is 2.36. The number of nitrogens with zero attached hydrogens (tertiary/aromatic N) is 2. The van der Waals surface area contributed by atoms with Gasteiger partial charge in [0.25, 0.3) is 0 Å². The van der Waals surface area contributed by atoms with E-state index >= 15 is 0 Å². The van der Waals surface area contributed by atoms with E-state index in [0.717, 1.165) is 6.54 Å². The van der Waals surface area contributed by atoms with Gasteiger partial charge in [0, 0.05) is 42.7 Å². The van der Waals surface area contributed by atoms with Crippen molar-refractivity contribution in [2.24, 2.45) is 0 Å². The Balaban J connectivity index is 1.87. The van der Waals surface area contributed by atoms with E-state index in [1.54, 1.807) is 16.7 Å². The lowest BCUT2D eigenvalue weighted by Gasteiger charge is -2.24. The molecule has 1 fully saturated rings. The van der Waals surface area contributed by atoms with Crippen LogP contribution in [0.15, 0.2) is 30.5 Å². The molecule has 0 aliphatic carbocycles. The normalized spacial score (nSPS) is 18.7. The van der Waals surface area contributed by atoms with E-state index in [1.165, 1.54) is 18.3 Å². The third kappa shape index (κ3) is 2.99. The molecule has 138 valence electrons. The van der Waals surface area contributed by atoms with Gasteiger partial charge in [-0.1, -0.05) is 0 Å². The number of aryl methyl sites for hydroxylation is 1. The third-order valence-electron chi connectivity index (χ3n) is 4.70. The summed E-state index contributed by atoms with van der Waals surface area (Å²) in [5.74, 6) is 0.0126. The van der Waals surface area contributed by atoms with Gasteiger partial charge < -0.3 is 19.7 Å². The molecule has 2 N–H and O–H groups in total. The molecule has 8 heteroatoms. The van der Waals surface area contributed by atoms with Crippen LogP contribution >= 0.6 is 0 Å². The highest BCUT2D eigenvalue weighted by molar-refractivity contribution is 6.09. The van der Waals surface area contributed by atoms with Gasteiger partial charge in [-0.05, 0) is 24.6 Å². The van der Waals surface area contributed by atoms with Crippen LogP contribution in [0.25, 0.3) is 21.8 Å². The van der Waals surface area contributed by atoms with Gasteiger partial charge >= 0.3 is 6.18 Å². The van der Waals surface area contributed by atoms with Crippen molar-refractivity contribution in [2.45, 2.75) is 25.2 Å². The average molecular weight is 365 g/mol. The van der Waals surface area contributed by atoms with E-state index < -0.39 is 11.9 Å². The zero-order valence-corrected chi connectivity index (χ0v) is 13.9. The molecule has 3 heterocycles. The van der Waals surface area contributed by atoms with Crippen LogP contribution in [0.1, 0.15) is 12.1 Å². The smallest absolute Gasteiger partial charge is 0.435 e. The second-order valence-electron chi connectivity index (χ2n) is 6.39. The zero-order valence-electron chi connectivity index (χ0n) is 13.9. The number of fused-ring (bicyclic) bond motifs is 3. The van der Waals surface area contributed by atoms with Gasteiger partial charge in [-0.3, -0.25) is 0 Å². The zero-order chi connectivity index (χ0) is 18.3. The summed E-state index contributed by atoms with van der Waals surface area (Å²) in [4.78, 5) is 3.60.